The summed E-state index contributed by atoms with van der Waals surface area (Å²) in [5.41, 5.74) is -2.53. The largest absolute Gasteiger partial charge is 0.388 e. The number of nitrogens with one attached hydrogen (secondary N) is 1. The van der Waals surface area contributed by atoms with Crippen LogP contribution in [0.1, 0.15) is 64.0 Å². The zero-order chi connectivity index (χ0) is 25.4. The lowest BCUT2D eigenvalue weighted by Crippen LogP contribution is -2.43. The number of anilines is 1. The summed E-state index contributed by atoms with van der Waals surface area (Å²) >= 11 is 0. The first-order valence-electron chi connectivity index (χ1n) is 11.8. The third-order valence-corrected chi connectivity index (χ3v) is 8.71. The van der Waals surface area contributed by atoms with E-state index in [2.05, 4.69) is 15.3 Å². The fourth-order valence-electron chi connectivity index (χ4n) is 4.98. The molecule has 2 atom stereocenters. The number of halogens is 2. The molecule has 0 radical (unpaired) electrons. The molecule has 12 heteroatoms. The first-order chi connectivity index (χ1) is 16.5. The summed E-state index contributed by atoms with van der Waals surface area (Å²) in [5.74, 6) is 0.196. The molecule has 1 aliphatic heterocycles. The summed E-state index contributed by atoms with van der Waals surface area (Å²) in [7, 11) is -3.35. The molecule has 2 N–H and O–H groups in total. The molecule has 35 heavy (non-hydrogen) atoms. The van der Waals surface area contributed by atoms with Gasteiger partial charge in [0.15, 0.2) is 0 Å². The number of nitrogens with zero attached hydrogens (tertiary/aromatic N) is 4. The molecule has 0 unspecified atom stereocenters. The molecule has 9 nitrogen and oxygen atoms in total. The minimum Gasteiger partial charge on any atom is -0.388 e. The smallest absolute Gasteiger partial charge is 0.269 e. The molecule has 4 rings (SSSR count). The number of piperidine rings is 1. The Hall–Kier alpha value is -2.44. The van der Waals surface area contributed by atoms with Gasteiger partial charge < -0.3 is 10.4 Å². The highest BCUT2D eigenvalue weighted by Gasteiger charge is 2.40. The van der Waals surface area contributed by atoms with E-state index in [9.17, 15) is 27.1 Å². The molecule has 1 saturated heterocycles. The Bertz CT molecular complexity index is 1270. The van der Waals surface area contributed by atoms with Gasteiger partial charge in [-0.1, -0.05) is 12.2 Å². The topological polar surface area (TPSA) is 117 Å². The minimum absolute atomic E-state index is 0.0293. The number of aliphatic hydroxyl groups is 1. The summed E-state index contributed by atoms with van der Waals surface area (Å²) < 4.78 is 54.7. The van der Waals surface area contributed by atoms with Crippen LogP contribution >= 0.6 is 0 Å². The Morgan fingerprint density at radius 2 is 2.03 bits per heavy atom. The number of allylic oxidation sites excluding steroid dienone is 1. The van der Waals surface area contributed by atoms with E-state index in [-0.39, 0.29) is 28.8 Å². The van der Waals surface area contributed by atoms with Crippen molar-refractivity contribution in [1.82, 2.24) is 18.8 Å². The van der Waals surface area contributed by atoms with Crippen molar-refractivity contribution >= 4 is 27.0 Å². The minimum atomic E-state index is -3.35. The number of aromatic nitrogens is 3. The predicted molar refractivity (Wildman–Crippen MR) is 129 cm³/mol. The average Bonchev–Trinajstić information content (AvgIpc) is 3.16. The van der Waals surface area contributed by atoms with Gasteiger partial charge >= 0.3 is 0 Å². The van der Waals surface area contributed by atoms with Crippen molar-refractivity contribution in [2.45, 2.75) is 70.1 Å². The van der Waals surface area contributed by atoms with E-state index < -0.39 is 39.2 Å². The highest BCUT2D eigenvalue weighted by Crippen LogP contribution is 2.39. The highest BCUT2D eigenvalue weighted by molar-refractivity contribution is 7.89. The molecular weight excluding hydrogens is 480 g/mol. The maximum atomic E-state index is 13.6. The molecule has 0 aromatic carbocycles. The highest BCUT2D eigenvalue weighted by atomic mass is 32.2. The Labute approximate surface area is 202 Å². The molecule has 1 saturated carbocycles. The molecule has 2 aromatic heterocycles. The van der Waals surface area contributed by atoms with Crippen LogP contribution in [0.3, 0.4) is 0 Å². The molecule has 0 bridgehead atoms. The van der Waals surface area contributed by atoms with Gasteiger partial charge in [0.25, 0.3) is 12.0 Å². The van der Waals surface area contributed by atoms with Gasteiger partial charge in [-0.2, -0.15) is 4.98 Å². The summed E-state index contributed by atoms with van der Waals surface area (Å²) in [6, 6.07) is 0.348. The zero-order valence-electron chi connectivity index (χ0n) is 19.8. The Balaban J connectivity index is 1.61. The van der Waals surface area contributed by atoms with E-state index in [1.54, 1.807) is 26.0 Å². The Morgan fingerprint density at radius 1 is 1.31 bits per heavy atom. The summed E-state index contributed by atoms with van der Waals surface area (Å²) in [6.07, 6.45) is 4.44. The van der Waals surface area contributed by atoms with Gasteiger partial charge in [-0.25, -0.2) is 26.5 Å². The Kier molecular flexibility index (Phi) is 7.26. The average molecular weight is 512 g/mol. The van der Waals surface area contributed by atoms with E-state index in [0.29, 0.717) is 45.2 Å². The van der Waals surface area contributed by atoms with Crippen molar-refractivity contribution in [3.63, 3.8) is 0 Å². The van der Waals surface area contributed by atoms with Gasteiger partial charge in [0.05, 0.1) is 23.0 Å². The first kappa shape index (κ1) is 25.6. The van der Waals surface area contributed by atoms with Crippen molar-refractivity contribution in [1.29, 1.82) is 0 Å². The van der Waals surface area contributed by atoms with Crippen LogP contribution in [-0.2, 0) is 10.0 Å². The fraction of sp³-hybridized carbons (Fsp3) is 0.609. The number of pyridine rings is 1. The molecule has 0 spiro atoms. The molecule has 0 amide bonds. The predicted octanol–water partition coefficient (Wildman–Crippen LogP) is 2.99. The van der Waals surface area contributed by atoms with Gasteiger partial charge in [-0.3, -0.25) is 9.36 Å². The quantitative estimate of drug-likeness (QED) is 0.549. The van der Waals surface area contributed by atoms with Gasteiger partial charge in [-0.15, -0.1) is 0 Å². The van der Waals surface area contributed by atoms with Crippen LogP contribution in [-0.4, -0.2) is 62.8 Å². The SMILES string of the molecule is C/C=C/CS(=O)(=O)N1CCC(Nc2ncc3cc(C(F)F)c(=O)n([C@@H]4CCC[C@@]4(C)O)c3n2)CC1. The van der Waals surface area contributed by atoms with Crippen molar-refractivity contribution in [2.75, 3.05) is 24.2 Å². The van der Waals surface area contributed by atoms with Crippen LogP contribution in [0.25, 0.3) is 11.0 Å². The van der Waals surface area contributed by atoms with E-state index in [4.69, 9.17) is 0 Å². The number of hydrogen-bond donors (Lipinski definition) is 2. The van der Waals surface area contributed by atoms with Crippen LogP contribution in [0.5, 0.6) is 0 Å². The maximum absolute atomic E-state index is 13.6. The molecule has 192 valence electrons. The number of fused-ring (bicyclic) bond motifs is 1. The monoisotopic (exact) mass is 511 g/mol. The van der Waals surface area contributed by atoms with E-state index in [1.165, 1.54) is 15.1 Å². The van der Waals surface area contributed by atoms with Crippen molar-refractivity contribution in [2.24, 2.45) is 0 Å². The second kappa shape index (κ2) is 9.90. The molecule has 2 fully saturated rings. The van der Waals surface area contributed by atoms with Crippen LogP contribution in [0, 0.1) is 0 Å². The van der Waals surface area contributed by atoms with Gasteiger partial charge in [0.1, 0.15) is 5.65 Å². The second-order valence-corrected chi connectivity index (χ2v) is 11.5. The van der Waals surface area contributed by atoms with Crippen LogP contribution in [0.2, 0.25) is 0 Å². The maximum Gasteiger partial charge on any atom is 0.269 e. The summed E-state index contributed by atoms with van der Waals surface area (Å²) in [5, 5.41) is 14.3. The third kappa shape index (κ3) is 5.24. The zero-order valence-corrected chi connectivity index (χ0v) is 20.6. The third-order valence-electron chi connectivity index (χ3n) is 6.95. The van der Waals surface area contributed by atoms with Crippen LogP contribution < -0.4 is 10.9 Å². The van der Waals surface area contributed by atoms with E-state index in [1.807, 2.05) is 0 Å². The Morgan fingerprint density at radius 3 is 2.63 bits per heavy atom. The molecular formula is C23H31F2N5O4S. The number of rotatable bonds is 7. The van der Waals surface area contributed by atoms with E-state index in [0.717, 1.165) is 6.07 Å². The number of hydrogen-bond acceptors (Lipinski definition) is 7. The first-order valence-corrected chi connectivity index (χ1v) is 13.4. The van der Waals surface area contributed by atoms with Crippen molar-refractivity contribution in [3.8, 4) is 0 Å². The lowest BCUT2D eigenvalue weighted by atomic mass is 9.99. The normalized spacial score (nSPS) is 24.7. The molecule has 1 aliphatic carbocycles. The number of alkyl halides is 2. The van der Waals surface area contributed by atoms with Gasteiger partial charge in [-0.05, 0) is 52.0 Å². The van der Waals surface area contributed by atoms with Crippen molar-refractivity contribution < 1.29 is 22.3 Å². The molecule has 2 aromatic rings. The standard InChI is InChI=1S/C23H31F2N5O4S/c1-3-4-12-35(33,34)29-10-7-16(8-11-29)27-22-26-14-15-13-17(19(24)25)21(31)30(20(15)28-22)18-6-5-9-23(18,2)32/h3-4,13-14,16,18-19,32H,5-12H2,1-2H3,(H,26,27,28)/b4-3+/t18-,23-/m1/s1. The summed E-state index contributed by atoms with van der Waals surface area (Å²) in [6.45, 7) is 4.10. The van der Waals surface area contributed by atoms with Gasteiger partial charge in [0, 0.05) is 30.7 Å². The van der Waals surface area contributed by atoms with Crippen LogP contribution in [0.15, 0.2) is 29.2 Å². The lowest BCUT2D eigenvalue weighted by Gasteiger charge is -2.31. The molecule has 2 aliphatic rings. The summed E-state index contributed by atoms with van der Waals surface area (Å²) in [4.78, 5) is 21.8. The lowest BCUT2D eigenvalue weighted by molar-refractivity contribution is 0.0261. The van der Waals surface area contributed by atoms with Gasteiger partial charge in [0.2, 0.25) is 16.0 Å². The second-order valence-electron chi connectivity index (χ2n) is 9.48. The molecule has 3 heterocycles. The fourth-order valence-corrected chi connectivity index (χ4v) is 6.39. The number of sulfonamides is 1. The van der Waals surface area contributed by atoms with Crippen molar-refractivity contribution in [3.05, 3.63) is 40.3 Å². The van der Waals surface area contributed by atoms with E-state index >= 15 is 0 Å². The van der Waals surface area contributed by atoms with Crippen LogP contribution in [0.4, 0.5) is 14.7 Å².